The molecular weight excluding hydrogens is 811 g/mol. The average molecular weight is 864 g/mol. The normalized spacial score (nSPS) is 9.93. The van der Waals surface area contributed by atoms with E-state index in [1.807, 2.05) is 114 Å². The van der Waals surface area contributed by atoms with Gasteiger partial charge in [-0.3, -0.25) is 29.3 Å². The van der Waals surface area contributed by atoms with Crippen LogP contribution in [-0.4, -0.2) is 96.6 Å². The smallest absolute Gasteiger partial charge is 0.213 e. The van der Waals surface area contributed by atoms with Gasteiger partial charge >= 0.3 is 0 Å². The zero-order valence-electron chi connectivity index (χ0n) is 35.3. The van der Waals surface area contributed by atoms with E-state index in [0.717, 1.165) is 21.7 Å². The van der Waals surface area contributed by atoms with Crippen LogP contribution in [0.25, 0.3) is 0 Å². The molecule has 60 heavy (non-hydrogen) atoms. The van der Waals surface area contributed by atoms with Crippen molar-refractivity contribution < 1.29 is 13.7 Å². The Hall–Kier alpha value is -7.05. The molecular formula is C36H53N19O3S2. The van der Waals surface area contributed by atoms with Crippen molar-refractivity contribution in [3.63, 3.8) is 0 Å². The van der Waals surface area contributed by atoms with Crippen molar-refractivity contribution >= 4 is 28.5 Å². The predicted octanol–water partition coefficient (Wildman–Crippen LogP) is 5.05. The Kier molecular flexibility index (Phi) is 28.9. The highest BCUT2D eigenvalue weighted by Crippen LogP contribution is 1.98. The van der Waals surface area contributed by atoms with Gasteiger partial charge in [0.1, 0.15) is 35.3 Å². The van der Waals surface area contributed by atoms with Gasteiger partial charge in [-0.2, -0.15) is 10.2 Å². The van der Waals surface area contributed by atoms with E-state index in [4.69, 9.17) is 4.42 Å². The lowest BCUT2D eigenvalue weighted by Crippen LogP contribution is -2.11. The fraction of sp³-hybridized carbons (Fsp3) is 0.306. The molecule has 22 nitrogen and oxygen atoms in total. The number of nitrogens with one attached hydrogen (secondary N) is 1. The molecule has 0 fully saturated rings. The Bertz CT molecular complexity index is 1660. The van der Waals surface area contributed by atoms with Crippen molar-refractivity contribution in [3.05, 3.63) is 144 Å². The molecule has 0 bridgehead atoms. The largest absolute Gasteiger partial charge is 0.449 e. The lowest BCUT2D eigenvalue weighted by molar-refractivity contribution is 0.114. The lowest BCUT2D eigenvalue weighted by atomic mass is 10.7. The molecule has 10 heterocycles. The summed E-state index contributed by atoms with van der Waals surface area (Å²) in [4.78, 5) is 23.6. The van der Waals surface area contributed by atoms with Gasteiger partial charge in [0, 0.05) is 104 Å². The molecule has 0 spiro atoms. The third-order valence-corrected chi connectivity index (χ3v) is 7.07. The van der Waals surface area contributed by atoms with E-state index in [2.05, 4.69) is 80.6 Å². The molecule has 0 aromatic carbocycles. The van der Waals surface area contributed by atoms with Crippen molar-refractivity contribution in [1.29, 1.82) is 0 Å². The van der Waals surface area contributed by atoms with E-state index in [0.29, 0.717) is 12.6 Å². The van der Waals surface area contributed by atoms with E-state index in [1.54, 1.807) is 112 Å². The molecule has 0 aliphatic carbocycles. The first kappa shape index (κ1) is 51.0. The van der Waals surface area contributed by atoms with Gasteiger partial charge in [-0.05, 0) is 39.0 Å². The minimum atomic E-state index is 0.464. The quantitative estimate of drug-likeness (QED) is 0.210. The van der Waals surface area contributed by atoms with Gasteiger partial charge in [-0.15, -0.1) is 48.2 Å². The number of hydroxylamine groups is 1. The zero-order valence-corrected chi connectivity index (χ0v) is 37.0. The summed E-state index contributed by atoms with van der Waals surface area (Å²) in [6.45, 7) is 9.79. The Morgan fingerprint density at radius 2 is 1.42 bits per heavy atom. The maximum atomic E-state index is 4.72. The molecule has 322 valence electrons. The summed E-state index contributed by atoms with van der Waals surface area (Å²) in [7, 11) is 9.48. The fourth-order valence-electron chi connectivity index (χ4n) is 2.97. The first-order valence-electron chi connectivity index (χ1n) is 17.5. The number of oxazole rings is 1. The van der Waals surface area contributed by atoms with Crippen molar-refractivity contribution in [2.75, 3.05) is 6.73 Å². The number of amidine groups is 1. The molecule has 1 aliphatic rings. The molecule has 9 aromatic heterocycles. The summed E-state index contributed by atoms with van der Waals surface area (Å²) in [5.74, 6) is 2.18. The topological polar surface area (TPSA) is 239 Å². The molecule has 9 aromatic rings. The molecule has 0 radical (unpaired) electrons. The monoisotopic (exact) mass is 863 g/mol. The highest BCUT2D eigenvalue weighted by atomic mass is 32.1. The Balaban J connectivity index is 0.000000333. The van der Waals surface area contributed by atoms with Crippen LogP contribution in [0.2, 0.25) is 0 Å². The van der Waals surface area contributed by atoms with Crippen LogP contribution in [0.15, 0.2) is 137 Å². The summed E-state index contributed by atoms with van der Waals surface area (Å²) in [6.07, 6.45) is 25.9. The van der Waals surface area contributed by atoms with Crippen LogP contribution in [0.5, 0.6) is 0 Å². The first-order chi connectivity index (χ1) is 28.9. The van der Waals surface area contributed by atoms with Gasteiger partial charge in [-0.25, -0.2) is 19.9 Å². The molecule has 0 saturated heterocycles. The van der Waals surface area contributed by atoms with Crippen molar-refractivity contribution in [2.24, 2.45) is 40.2 Å². The number of hydrogen-bond donors (Lipinski definition) is 1. The van der Waals surface area contributed by atoms with Gasteiger partial charge in [0.25, 0.3) is 0 Å². The van der Waals surface area contributed by atoms with Crippen LogP contribution in [0.4, 0.5) is 0 Å². The first-order valence-corrected chi connectivity index (χ1v) is 19.3. The average Bonchev–Trinajstić information content (AvgIpc) is 4.06. The molecule has 0 unspecified atom stereocenters. The molecule has 0 atom stereocenters. The van der Waals surface area contributed by atoms with Crippen LogP contribution in [0.1, 0.15) is 28.7 Å². The Morgan fingerprint density at radius 1 is 0.617 bits per heavy atom. The second-order valence-electron chi connectivity index (χ2n) is 11.0. The number of aliphatic imine (C=N–C) groups is 1. The van der Waals surface area contributed by atoms with Crippen LogP contribution < -0.4 is 5.48 Å². The molecule has 0 saturated carbocycles. The molecule has 1 N–H and O–H groups in total. The van der Waals surface area contributed by atoms with E-state index < -0.39 is 0 Å². The second-order valence-corrected chi connectivity index (χ2v) is 13.2. The maximum Gasteiger partial charge on any atom is 0.213 e. The number of thiazole rings is 1. The third kappa shape index (κ3) is 32.1. The third-order valence-electron chi connectivity index (χ3n) is 5.74. The number of aryl methyl sites for hydroxylation is 9. The van der Waals surface area contributed by atoms with Crippen molar-refractivity contribution in [1.82, 2.24) is 89.5 Å². The Morgan fingerprint density at radius 3 is 1.58 bits per heavy atom. The molecule has 24 heteroatoms. The summed E-state index contributed by atoms with van der Waals surface area (Å²) >= 11 is 3.22. The fourth-order valence-corrected chi connectivity index (χ4v) is 3.75. The lowest BCUT2D eigenvalue weighted by Gasteiger charge is -1.85. The molecule has 0 amide bonds. The van der Waals surface area contributed by atoms with E-state index in [9.17, 15) is 0 Å². The summed E-state index contributed by atoms with van der Waals surface area (Å²) in [6, 6.07) is 5.89. The highest BCUT2D eigenvalue weighted by Gasteiger charge is 1.94. The van der Waals surface area contributed by atoms with Gasteiger partial charge in [0.05, 0.1) is 23.7 Å². The summed E-state index contributed by atoms with van der Waals surface area (Å²) < 4.78 is 18.2. The van der Waals surface area contributed by atoms with Crippen LogP contribution in [0.3, 0.4) is 0 Å². The van der Waals surface area contributed by atoms with Crippen molar-refractivity contribution in [3.8, 4) is 0 Å². The number of aromatic nitrogens is 17. The zero-order chi connectivity index (χ0) is 44.1. The number of nitrogens with zero attached hydrogens (tertiary/aromatic N) is 18. The van der Waals surface area contributed by atoms with E-state index in [1.165, 1.54) is 12.7 Å². The van der Waals surface area contributed by atoms with E-state index >= 15 is 0 Å². The Labute approximate surface area is 356 Å². The molecule has 1 aliphatic heterocycles. The second kappa shape index (κ2) is 34.0. The summed E-state index contributed by atoms with van der Waals surface area (Å²) in [5, 5.41) is 33.0. The van der Waals surface area contributed by atoms with Crippen LogP contribution in [0, 0.1) is 27.7 Å². The van der Waals surface area contributed by atoms with Gasteiger partial charge in [-0.1, -0.05) is 5.21 Å². The SMILES string of the molecule is CC1=NCON1.Cc1ncco1.Cc1nccs1.Cc1nnco1.Cc1nncs1.Cn1cccc1.Cn1cccn1.Cn1ccnc1.Cn1ccnn1.Cn1cncn1. The van der Waals surface area contributed by atoms with Gasteiger partial charge in [0.15, 0.2) is 12.6 Å². The van der Waals surface area contributed by atoms with Gasteiger partial charge in [0.2, 0.25) is 12.3 Å². The minimum Gasteiger partial charge on any atom is -0.449 e. The molecule has 10 rings (SSSR count). The minimum absolute atomic E-state index is 0.464. The van der Waals surface area contributed by atoms with Gasteiger partial charge < -0.3 is 18.0 Å². The van der Waals surface area contributed by atoms with Crippen molar-refractivity contribution in [2.45, 2.75) is 34.6 Å². The maximum absolute atomic E-state index is 4.72. The standard InChI is InChI=1S/C5H7N.2C4H6N2.C4H5NO.C4H5NS.2C3H5N3.C3H4N2O.C3H6N2O.C3H4N2S/c1-6-4-2-3-5-6;1-6-3-2-5-4-6;1-6-4-2-3-5-6;2*1-4-5-2-3-6-4;1-6-3-4-2-5-6;1-6-3-2-4-5-6;1-3-5-4-2-6-3;1-3-4-2-6-5-3;1-3-5-4-2-6-3/h2-5H,1H3;2*2-4H,1H3;4*2-3H,1H3;2H,1H3;2H2,1H3,(H,4,5);2H,1H3. The number of hydrogen-bond acceptors (Lipinski definition) is 19. The van der Waals surface area contributed by atoms with Crippen LogP contribution in [-0.2, 0) is 40.1 Å². The van der Waals surface area contributed by atoms with E-state index in [-0.39, 0.29) is 0 Å². The van der Waals surface area contributed by atoms with Crippen LogP contribution >= 0.6 is 22.7 Å². The summed E-state index contributed by atoms with van der Waals surface area (Å²) in [5.41, 5.74) is 4.29. The highest BCUT2D eigenvalue weighted by molar-refractivity contribution is 7.09. The number of imidazole rings is 1. The predicted molar refractivity (Wildman–Crippen MR) is 228 cm³/mol. The number of rotatable bonds is 0.